The number of anilines is 1. The molecule has 0 saturated carbocycles. The average molecular weight is 616 g/mol. The van der Waals surface area contributed by atoms with Gasteiger partial charge in [-0.15, -0.1) is 0 Å². The van der Waals surface area contributed by atoms with Crippen molar-refractivity contribution in [3.8, 4) is 22.9 Å². The molecule has 0 N–H and O–H groups in total. The average Bonchev–Trinajstić information content (AvgIpc) is 2.97. The van der Waals surface area contributed by atoms with Gasteiger partial charge >= 0.3 is 5.97 Å². The quantitative estimate of drug-likeness (QED) is 0.213. The van der Waals surface area contributed by atoms with Crippen molar-refractivity contribution < 1.29 is 23.4 Å². The van der Waals surface area contributed by atoms with Crippen LogP contribution in [0.25, 0.3) is 11.1 Å². The molecule has 3 aromatic rings. The predicted molar refractivity (Wildman–Crippen MR) is 175 cm³/mol. The van der Waals surface area contributed by atoms with Crippen LogP contribution in [-0.4, -0.2) is 42.4 Å². The Hall–Kier alpha value is -3.96. The molecule has 8 heteroatoms. The molecule has 1 unspecified atom stereocenters. The Labute approximate surface area is 267 Å². The van der Waals surface area contributed by atoms with Crippen molar-refractivity contribution in [2.75, 3.05) is 24.6 Å². The van der Waals surface area contributed by atoms with Gasteiger partial charge in [0.25, 0.3) is 0 Å². The van der Waals surface area contributed by atoms with Crippen LogP contribution in [-0.2, 0) is 20.7 Å². The fourth-order valence-electron chi connectivity index (χ4n) is 5.70. The monoisotopic (exact) mass is 615 g/mol. The smallest absolute Gasteiger partial charge is 0.340 e. The first kappa shape index (κ1) is 33.9. The van der Waals surface area contributed by atoms with Crippen molar-refractivity contribution in [2.45, 2.75) is 92.5 Å². The Morgan fingerprint density at radius 3 is 2.22 bits per heavy atom. The number of carbonyl (C=O) groups is 1. The number of nitriles is 1. The molecule has 45 heavy (non-hydrogen) atoms. The van der Waals surface area contributed by atoms with E-state index < -0.39 is 23.1 Å². The van der Waals surface area contributed by atoms with Crippen molar-refractivity contribution in [2.24, 2.45) is 5.41 Å². The molecule has 4 rings (SSSR count). The number of ether oxygens (including phenoxy) is 3. The summed E-state index contributed by atoms with van der Waals surface area (Å²) in [6.07, 6.45) is 0.754. The van der Waals surface area contributed by atoms with Crippen LogP contribution in [0.3, 0.4) is 0 Å². The highest BCUT2D eigenvalue weighted by molar-refractivity contribution is 5.88. The van der Waals surface area contributed by atoms with Crippen LogP contribution >= 0.6 is 0 Å². The first-order valence-corrected chi connectivity index (χ1v) is 15.7. The number of rotatable bonds is 10. The lowest BCUT2D eigenvalue weighted by Crippen LogP contribution is -2.40. The molecule has 0 aliphatic carbocycles. The fourth-order valence-corrected chi connectivity index (χ4v) is 5.70. The Bertz CT molecular complexity index is 1510. The summed E-state index contributed by atoms with van der Waals surface area (Å²) < 4.78 is 31.5. The Kier molecular flexibility index (Phi) is 10.5. The lowest BCUT2D eigenvalue weighted by molar-refractivity contribution is -0.171. The van der Waals surface area contributed by atoms with E-state index in [1.165, 1.54) is 12.1 Å². The largest absolute Gasteiger partial charge is 0.493 e. The maximum absolute atomic E-state index is 13.7. The van der Waals surface area contributed by atoms with Crippen molar-refractivity contribution in [3.05, 3.63) is 76.9 Å². The van der Waals surface area contributed by atoms with E-state index in [0.29, 0.717) is 50.2 Å². The summed E-state index contributed by atoms with van der Waals surface area (Å²) in [6.45, 7) is 17.1. The minimum absolute atomic E-state index is 0.254. The second-order valence-corrected chi connectivity index (χ2v) is 13.4. The number of esters is 1. The number of hydrogen-bond acceptors (Lipinski definition) is 7. The molecule has 0 radical (unpaired) electrons. The molecule has 0 amide bonds. The number of piperidine rings is 1. The summed E-state index contributed by atoms with van der Waals surface area (Å²) in [5, 5.41) is 9.83. The number of hydrogen-bond donors (Lipinski definition) is 0. The number of nitrogens with zero attached hydrogens (tertiary/aromatic N) is 3. The lowest BCUT2D eigenvalue weighted by Gasteiger charge is -2.40. The molecule has 1 aliphatic rings. The van der Waals surface area contributed by atoms with Gasteiger partial charge in [0.1, 0.15) is 11.6 Å². The van der Waals surface area contributed by atoms with Gasteiger partial charge in [-0.1, -0.05) is 24.3 Å². The molecular weight excluding hydrogens is 569 g/mol. The zero-order chi connectivity index (χ0) is 32.9. The number of pyridine rings is 1. The van der Waals surface area contributed by atoms with Crippen LogP contribution < -0.4 is 9.64 Å². The standard InChI is InChI=1S/C37H46FN3O4/c1-24(2)44-35(42)34(45-36(5,6)7)32-26(4)40-25(3)31(33(32)41-20-18-37(8,23-39)19-21-41)28-11-15-30(16-12-28)43-22-17-27-9-13-29(38)14-10-27/h9-16,24,34H,17-22H2,1-8H3. The van der Waals surface area contributed by atoms with Crippen molar-refractivity contribution >= 4 is 11.7 Å². The fraction of sp³-hybridized carbons (Fsp3) is 0.486. The Balaban J connectivity index is 1.76. The molecule has 1 atom stereocenters. The van der Waals surface area contributed by atoms with Crippen LogP contribution in [0.4, 0.5) is 10.1 Å². The van der Waals surface area contributed by atoms with Gasteiger partial charge in [-0.3, -0.25) is 4.98 Å². The van der Waals surface area contributed by atoms with Crippen molar-refractivity contribution in [1.29, 1.82) is 5.26 Å². The normalized spacial score (nSPS) is 15.4. The maximum Gasteiger partial charge on any atom is 0.340 e. The molecule has 0 bridgehead atoms. The van der Waals surface area contributed by atoms with E-state index in [2.05, 4.69) is 11.0 Å². The summed E-state index contributed by atoms with van der Waals surface area (Å²) in [6, 6.07) is 16.8. The Morgan fingerprint density at radius 1 is 1.04 bits per heavy atom. The summed E-state index contributed by atoms with van der Waals surface area (Å²) in [4.78, 5) is 20.9. The van der Waals surface area contributed by atoms with Gasteiger partial charge in [0.05, 0.1) is 35.5 Å². The first-order valence-electron chi connectivity index (χ1n) is 15.7. The van der Waals surface area contributed by atoms with E-state index in [1.54, 1.807) is 12.1 Å². The summed E-state index contributed by atoms with van der Waals surface area (Å²) in [5.41, 5.74) is 4.92. The number of carbonyl (C=O) groups excluding carboxylic acids is 1. The lowest BCUT2D eigenvalue weighted by atomic mass is 9.81. The minimum Gasteiger partial charge on any atom is -0.493 e. The van der Waals surface area contributed by atoms with E-state index >= 15 is 0 Å². The molecule has 1 aliphatic heterocycles. The SMILES string of the molecule is Cc1nc(C)c(C(OC(C)(C)C)C(=O)OC(C)C)c(N2CCC(C)(C#N)CC2)c1-c1ccc(OCCc2ccc(F)cc2)cc1. The van der Waals surface area contributed by atoms with E-state index in [9.17, 15) is 14.4 Å². The van der Waals surface area contributed by atoms with E-state index in [4.69, 9.17) is 19.2 Å². The van der Waals surface area contributed by atoms with Gasteiger partial charge in [0, 0.05) is 42.0 Å². The van der Waals surface area contributed by atoms with Gasteiger partial charge in [-0.25, -0.2) is 9.18 Å². The van der Waals surface area contributed by atoms with Gasteiger partial charge < -0.3 is 19.1 Å². The van der Waals surface area contributed by atoms with Crippen LogP contribution in [0, 0.1) is 36.4 Å². The first-order chi connectivity index (χ1) is 21.2. The third kappa shape index (κ3) is 8.61. The van der Waals surface area contributed by atoms with Crippen LogP contribution in [0.5, 0.6) is 5.75 Å². The molecule has 1 fully saturated rings. The van der Waals surface area contributed by atoms with Crippen LogP contribution in [0.15, 0.2) is 48.5 Å². The zero-order valence-electron chi connectivity index (χ0n) is 27.9. The molecule has 1 saturated heterocycles. The molecule has 0 spiro atoms. The molecule has 7 nitrogen and oxygen atoms in total. The minimum atomic E-state index is -0.993. The molecular formula is C37H46FN3O4. The van der Waals surface area contributed by atoms with Crippen molar-refractivity contribution in [3.63, 3.8) is 0 Å². The number of benzene rings is 2. The topological polar surface area (TPSA) is 84.7 Å². The number of aryl methyl sites for hydroxylation is 2. The maximum atomic E-state index is 13.7. The van der Waals surface area contributed by atoms with Gasteiger partial charge in [0.15, 0.2) is 6.10 Å². The third-order valence-electron chi connectivity index (χ3n) is 8.05. The van der Waals surface area contributed by atoms with Crippen LogP contribution in [0.2, 0.25) is 0 Å². The summed E-state index contributed by atoms with van der Waals surface area (Å²) in [5.74, 6) is 0.0117. The molecule has 240 valence electrons. The van der Waals surface area contributed by atoms with Gasteiger partial charge in [-0.05, 0) is 104 Å². The molecule has 2 heterocycles. The van der Waals surface area contributed by atoms with Crippen molar-refractivity contribution in [1.82, 2.24) is 4.98 Å². The third-order valence-corrected chi connectivity index (χ3v) is 8.05. The van der Waals surface area contributed by atoms with Gasteiger partial charge in [0.2, 0.25) is 0 Å². The number of halogens is 1. The van der Waals surface area contributed by atoms with E-state index in [1.807, 2.05) is 79.7 Å². The zero-order valence-corrected chi connectivity index (χ0v) is 27.9. The summed E-state index contributed by atoms with van der Waals surface area (Å²) >= 11 is 0. The highest BCUT2D eigenvalue weighted by Gasteiger charge is 2.38. The van der Waals surface area contributed by atoms with Crippen LogP contribution in [0.1, 0.15) is 83.0 Å². The molecule has 2 aromatic carbocycles. The Morgan fingerprint density at radius 2 is 1.67 bits per heavy atom. The highest BCUT2D eigenvalue weighted by atomic mass is 19.1. The molecule has 1 aromatic heterocycles. The second kappa shape index (κ2) is 14.0. The van der Waals surface area contributed by atoms with Gasteiger partial charge in [-0.2, -0.15) is 5.26 Å². The second-order valence-electron chi connectivity index (χ2n) is 13.4. The number of aromatic nitrogens is 1. The van der Waals surface area contributed by atoms with E-state index in [-0.39, 0.29) is 11.9 Å². The van der Waals surface area contributed by atoms with E-state index in [0.717, 1.165) is 33.8 Å². The predicted octanol–water partition coefficient (Wildman–Crippen LogP) is 8.06. The highest BCUT2D eigenvalue weighted by Crippen LogP contribution is 2.45. The summed E-state index contributed by atoms with van der Waals surface area (Å²) in [7, 11) is 0.